The van der Waals surface area contributed by atoms with Crippen LogP contribution in [0.5, 0.6) is 0 Å². The van der Waals surface area contributed by atoms with Crippen molar-refractivity contribution in [2.24, 2.45) is 5.92 Å². The molecular formula is C17H23F2N. The molecule has 110 valence electrons. The van der Waals surface area contributed by atoms with Gasteiger partial charge in [0.15, 0.2) is 0 Å². The maximum Gasteiger partial charge on any atom is 0.248 e. The van der Waals surface area contributed by atoms with Crippen molar-refractivity contribution >= 4 is 0 Å². The molecule has 3 atom stereocenters. The van der Waals surface area contributed by atoms with Gasteiger partial charge in [-0.2, -0.15) is 0 Å². The third-order valence-electron chi connectivity index (χ3n) is 4.96. The van der Waals surface area contributed by atoms with Crippen molar-refractivity contribution in [1.82, 2.24) is 5.32 Å². The number of nitrogens with one attached hydrogen (secondary N) is 1. The van der Waals surface area contributed by atoms with Crippen LogP contribution in [0.1, 0.15) is 50.0 Å². The maximum absolute atomic E-state index is 13.6. The predicted molar refractivity (Wildman–Crippen MR) is 77.1 cm³/mol. The largest absolute Gasteiger partial charge is 0.314 e. The van der Waals surface area contributed by atoms with E-state index in [0.717, 1.165) is 25.8 Å². The topological polar surface area (TPSA) is 12.0 Å². The maximum atomic E-state index is 13.6. The summed E-state index contributed by atoms with van der Waals surface area (Å²) in [7, 11) is 0. The van der Waals surface area contributed by atoms with E-state index in [0.29, 0.717) is 12.3 Å². The molecule has 0 bridgehead atoms. The first-order valence-corrected chi connectivity index (χ1v) is 7.80. The van der Waals surface area contributed by atoms with Crippen LogP contribution in [0.2, 0.25) is 0 Å². The lowest BCUT2D eigenvalue weighted by atomic mass is 9.75. The smallest absolute Gasteiger partial charge is 0.248 e. The lowest BCUT2D eigenvalue weighted by Gasteiger charge is -2.39. The van der Waals surface area contributed by atoms with E-state index in [1.54, 1.807) is 0 Å². The Morgan fingerprint density at radius 2 is 1.90 bits per heavy atom. The normalized spacial score (nSPS) is 33.8. The number of hydrogen-bond acceptors (Lipinski definition) is 1. The second kappa shape index (κ2) is 5.80. The lowest BCUT2D eigenvalue weighted by molar-refractivity contribution is -0.0598. The zero-order valence-electron chi connectivity index (χ0n) is 11.8. The van der Waals surface area contributed by atoms with Crippen molar-refractivity contribution in [3.63, 3.8) is 0 Å². The third-order valence-corrected chi connectivity index (χ3v) is 4.96. The molecule has 1 aromatic rings. The van der Waals surface area contributed by atoms with E-state index in [2.05, 4.69) is 29.6 Å². The standard InChI is InChI=1S/C17H23F2N/c18-17(19)9-4-7-15(12-17)16-11-14(8-10-20-16)13-5-2-1-3-6-13/h1-3,5-6,14-16,20H,4,7-12H2. The summed E-state index contributed by atoms with van der Waals surface area (Å²) in [6, 6.07) is 10.8. The van der Waals surface area contributed by atoms with Gasteiger partial charge in [-0.25, -0.2) is 8.78 Å². The molecule has 3 rings (SSSR count). The summed E-state index contributed by atoms with van der Waals surface area (Å²) < 4.78 is 27.2. The van der Waals surface area contributed by atoms with Crippen LogP contribution < -0.4 is 5.32 Å². The van der Waals surface area contributed by atoms with Gasteiger partial charge in [-0.1, -0.05) is 30.3 Å². The van der Waals surface area contributed by atoms with Crippen molar-refractivity contribution < 1.29 is 8.78 Å². The highest BCUT2D eigenvalue weighted by Crippen LogP contribution is 2.41. The van der Waals surface area contributed by atoms with Gasteiger partial charge in [0.2, 0.25) is 5.92 Å². The molecule has 2 fully saturated rings. The molecule has 0 radical (unpaired) electrons. The first-order valence-electron chi connectivity index (χ1n) is 7.80. The summed E-state index contributed by atoms with van der Waals surface area (Å²) in [6.45, 7) is 0.951. The number of benzene rings is 1. The van der Waals surface area contributed by atoms with Crippen LogP contribution in [0, 0.1) is 5.92 Å². The second-order valence-electron chi connectivity index (χ2n) is 6.40. The molecule has 1 N–H and O–H groups in total. The van der Waals surface area contributed by atoms with Gasteiger partial charge in [0.05, 0.1) is 0 Å². The first-order chi connectivity index (χ1) is 9.64. The van der Waals surface area contributed by atoms with E-state index in [-0.39, 0.29) is 24.8 Å². The minimum atomic E-state index is -2.44. The molecule has 1 aliphatic heterocycles. The van der Waals surface area contributed by atoms with Crippen LogP contribution in [0.3, 0.4) is 0 Å². The number of halogens is 2. The molecule has 0 aromatic heterocycles. The quantitative estimate of drug-likeness (QED) is 0.848. The fraction of sp³-hybridized carbons (Fsp3) is 0.647. The predicted octanol–water partition coefficient (Wildman–Crippen LogP) is 4.35. The Morgan fingerprint density at radius 1 is 1.10 bits per heavy atom. The van der Waals surface area contributed by atoms with Crippen molar-refractivity contribution in [2.75, 3.05) is 6.54 Å². The minimum Gasteiger partial charge on any atom is -0.314 e. The van der Waals surface area contributed by atoms with Crippen LogP contribution in [0.25, 0.3) is 0 Å². The van der Waals surface area contributed by atoms with Crippen molar-refractivity contribution in [1.29, 1.82) is 0 Å². The highest BCUT2D eigenvalue weighted by molar-refractivity contribution is 5.20. The molecule has 3 heteroatoms. The molecule has 1 nitrogen and oxygen atoms in total. The fourth-order valence-electron chi connectivity index (χ4n) is 3.89. The van der Waals surface area contributed by atoms with Gasteiger partial charge in [0, 0.05) is 18.9 Å². The van der Waals surface area contributed by atoms with Gasteiger partial charge in [-0.05, 0) is 49.6 Å². The van der Waals surface area contributed by atoms with Crippen LogP contribution in [-0.4, -0.2) is 18.5 Å². The molecule has 3 unspecified atom stereocenters. The third kappa shape index (κ3) is 3.20. The molecule has 20 heavy (non-hydrogen) atoms. The van der Waals surface area contributed by atoms with Gasteiger partial charge in [0.1, 0.15) is 0 Å². The summed E-state index contributed by atoms with van der Waals surface area (Å²) in [5.74, 6) is -1.77. The number of piperidine rings is 1. The van der Waals surface area contributed by atoms with E-state index < -0.39 is 5.92 Å². The fourth-order valence-corrected chi connectivity index (χ4v) is 3.89. The van der Waals surface area contributed by atoms with Gasteiger partial charge >= 0.3 is 0 Å². The second-order valence-corrected chi connectivity index (χ2v) is 6.40. The van der Waals surface area contributed by atoms with Gasteiger partial charge in [-0.3, -0.25) is 0 Å². The monoisotopic (exact) mass is 279 g/mol. The zero-order valence-corrected chi connectivity index (χ0v) is 11.8. The van der Waals surface area contributed by atoms with Crippen LogP contribution in [0.4, 0.5) is 8.78 Å². The number of alkyl halides is 2. The van der Waals surface area contributed by atoms with Crippen molar-refractivity contribution in [2.45, 2.75) is 56.4 Å². The Bertz CT molecular complexity index is 432. The Balaban J connectivity index is 1.66. The molecule has 0 amide bonds. The Morgan fingerprint density at radius 3 is 2.65 bits per heavy atom. The molecule has 1 saturated carbocycles. The molecule has 1 aromatic carbocycles. The van der Waals surface area contributed by atoms with Crippen molar-refractivity contribution in [3.05, 3.63) is 35.9 Å². The Hall–Kier alpha value is -0.960. The molecule has 1 heterocycles. The SMILES string of the molecule is FC1(F)CCCC(C2CC(c3ccccc3)CCN2)C1. The number of rotatable bonds is 2. The Labute approximate surface area is 119 Å². The molecule has 1 saturated heterocycles. The summed E-state index contributed by atoms with van der Waals surface area (Å²) in [4.78, 5) is 0. The first kappa shape index (κ1) is 14.0. The average molecular weight is 279 g/mol. The summed E-state index contributed by atoms with van der Waals surface area (Å²) in [5.41, 5.74) is 1.36. The van der Waals surface area contributed by atoms with Gasteiger partial charge in [-0.15, -0.1) is 0 Å². The highest BCUT2D eigenvalue weighted by atomic mass is 19.3. The molecule has 1 aliphatic carbocycles. The van der Waals surface area contributed by atoms with Crippen LogP contribution >= 0.6 is 0 Å². The van der Waals surface area contributed by atoms with E-state index in [9.17, 15) is 8.78 Å². The lowest BCUT2D eigenvalue weighted by Crippen LogP contribution is -2.45. The van der Waals surface area contributed by atoms with Crippen LogP contribution in [0.15, 0.2) is 30.3 Å². The van der Waals surface area contributed by atoms with E-state index in [4.69, 9.17) is 0 Å². The highest BCUT2D eigenvalue weighted by Gasteiger charge is 2.40. The van der Waals surface area contributed by atoms with E-state index >= 15 is 0 Å². The van der Waals surface area contributed by atoms with Gasteiger partial charge in [0.25, 0.3) is 0 Å². The average Bonchev–Trinajstić information content (AvgIpc) is 2.47. The molecular weight excluding hydrogens is 256 g/mol. The van der Waals surface area contributed by atoms with E-state index in [1.165, 1.54) is 5.56 Å². The van der Waals surface area contributed by atoms with Gasteiger partial charge < -0.3 is 5.32 Å². The summed E-state index contributed by atoms with van der Waals surface area (Å²) in [5, 5.41) is 3.49. The molecule has 0 spiro atoms. The number of hydrogen-bond donors (Lipinski definition) is 1. The minimum absolute atomic E-state index is 0.0756. The Kier molecular flexibility index (Phi) is 4.06. The van der Waals surface area contributed by atoms with Crippen molar-refractivity contribution in [3.8, 4) is 0 Å². The molecule has 2 aliphatic rings. The zero-order chi connectivity index (χ0) is 14.0. The summed E-state index contributed by atoms with van der Waals surface area (Å²) in [6.07, 6.45) is 3.90. The van der Waals surface area contributed by atoms with E-state index in [1.807, 2.05) is 6.07 Å². The summed E-state index contributed by atoms with van der Waals surface area (Å²) >= 11 is 0. The van der Waals surface area contributed by atoms with Crippen LogP contribution in [-0.2, 0) is 0 Å².